The summed E-state index contributed by atoms with van der Waals surface area (Å²) in [6.45, 7) is 0. The van der Waals surface area contributed by atoms with Crippen molar-refractivity contribution in [1.29, 1.82) is 0 Å². The molecule has 2 nitrogen and oxygen atoms in total. The molecule has 10 aromatic carbocycles. The summed E-state index contributed by atoms with van der Waals surface area (Å²) < 4.78 is 5.10. The van der Waals surface area contributed by atoms with Gasteiger partial charge in [-0.1, -0.05) is 170 Å². The lowest BCUT2D eigenvalue weighted by Crippen LogP contribution is -2.01. The second kappa shape index (κ2) is 12.7. The van der Waals surface area contributed by atoms with Gasteiger partial charge in [-0.2, -0.15) is 0 Å². The van der Waals surface area contributed by atoms with Crippen molar-refractivity contribution in [2.24, 2.45) is 0 Å². The summed E-state index contributed by atoms with van der Waals surface area (Å²) in [5.41, 5.74) is 18.3. The maximum Gasteiger partial charge on any atom is 0.0626 e. The van der Waals surface area contributed by atoms with Crippen LogP contribution < -0.4 is 0 Å². The molecule has 15 rings (SSSR count). The lowest BCUT2D eigenvalue weighted by atomic mass is 9.92. The molecule has 0 saturated carbocycles. The maximum atomic E-state index is 2.55. The molecule has 12 aromatic rings. The fourth-order valence-corrected chi connectivity index (χ4v) is 12.2. The van der Waals surface area contributed by atoms with Crippen LogP contribution in [0.5, 0.6) is 0 Å². The van der Waals surface area contributed by atoms with Crippen molar-refractivity contribution in [2.75, 3.05) is 0 Å². The minimum absolute atomic E-state index is 0.904. The van der Waals surface area contributed by atoms with Gasteiger partial charge in [0.25, 0.3) is 0 Å². The van der Waals surface area contributed by atoms with E-state index in [1.807, 2.05) is 0 Å². The summed E-state index contributed by atoms with van der Waals surface area (Å²) in [6, 6.07) is 77.7. The third-order valence-corrected chi connectivity index (χ3v) is 14.8. The highest BCUT2D eigenvalue weighted by Gasteiger charge is 2.26. The molecule has 0 fully saturated rings. The Hall–Kier alpha value is -8.20. The molecular formula is C62H38N2. The first-order chi connectivity index (χ1) is 31.8. The smallest absolute Gasteiger partial charge is 0.0626 e. The quantitative estimate of drug-likeness (QED) is 0.165. The van der Waals surface area contributed by atoms with E-state index in [1.54, 1.807) is 0 Å². The van der Waals surface area contributed by atoms with E-state index >= 15 is 0 Å². The Kier molecular flexibility index (Phi) is 6.82. The average Bonchev–Trinajstić information content (AvgIpc) is 4.11. The molecule has 0 spiro atoms. The zero-order valence-electron chi connectivity index (χ0n) is 34.9. The molecule has 2 aromatic heterocycles. The minimum atomic E-state index is 0.904. The van der Waals surface area contributed by atoms with E-state index < -0.39 is 0 Å². The molecule has 0 aliphatic heterocycles. The Labute approximate surface area is 367 Å². The van der Waals surface area contributed by atoms with E-state index in [-0.39, 0.29) is 0 Å². The fourth-order valence-electron chi connectivity index (χ4n) is 12.2. The molecule has 2 heterocycles. The summed E-state index contributed by atoms with van der Waals surface area (Å²) in [6.07, 6.45) is 1.81. The zero-order chi connectivity index (χ0) is 41.6. The van der Waals surface area contributed by atoms with Gasteiger partial charge in [0.05, 0.1) is 22.1 Å². The Morgan fingerprint density at radius 3 is 1.11 bits per heavy atom. The topological polar surface area (TPSA) is 9.86 Å². The monoisotopic (exact) mass is 810 g/mol. The Balaban J connectivity index is 1.36. The molecule has 0 unspecified atom stereocenters. The van der Waals surface area contributed by atoms with Gasteiger partial charge < -0.3 is 9.13 Å². The normalized spacial score (nSPS) is 12.9. The van der Waals surface area contributed by atoms with Crippen LogP contribution in [0.15, 0.2) is 206 Å². The van der Waals surface area contributed by atoms with Gasteiger partial charge in [-0.25, -0.2) is 0 Å². The van der Waals surface area contributed by atoms with Crippen LogP contribution in [0.4, 0.5) is 0 Å². The van der Waals surface area contributed by atoms with Crippen molar-refractivity contribution in [3.8, 4) is 33.6 Å². The molecule has 2 heteroatoms. The number of para-hydroxylation sites is 4. The zero-order valence-corrected chi connectivity index (χ0v) is 34.9. The van der Waals surface area contributed by atoms with Gasteiger partial charge in [0, 0.05) is 43.4 Å². The number of nitrogens with zero attached hydrogens (tertiary/aromatic N) is 2. The minimum Gasteiger partial charge on any atom is -0.309 e. The molecule has 0 radical (unpaired) electrons. The molecular weight excluding hydrogens is 773 g/mol. The van der Waals surface area contributed by atoms with Gasteiger partial charge in [-0.15, -0.1) is 0 Å². The van der Waals surface area contributed by atoms with Gasteiger partial charge in [0.15, 0.2) is 0 Å². The number of rotatable bonds is 2. The Bertz CT molecular complexity index is 4180. The van der Waals surface area contributed by atoms with Crippen LogP contribution in [-0.2, 0) is 12.8 Å². The van der Waals surface area contributed by atoms with E-state index in [2.05, 4.69) is 215 Å². The lowest BCUT2D eigenvalue weighted by Gasteiger charge is -2.14. The average molecular weight is 811 g/mol. The van der Waals surface area contributed by atoms with E-state index in [0.29, 0.717) is 0 Å². The first-order valence-electron chi connectivity index (χ1n) is 22.5. The van der Waals surface area contributed by atoms with Gasteiger partial charge in [0.1, 0.15) is 0 Å². The van der Waals surface area contributed by atoms with E-state index in [4.69, 9.17) is 0 Å². The third kappa shape index (κ3) is 4.44. The lowest BCUT2D eigenvalue weighted by molar-refractivity contribution is 1.14. The highest BCUT2D eigenvalue weighted by Crippen LogP contribution is 2.43. The Morgan fingerprint density at radius 1 is 0.266 bits per heavy atom. The van der Waals surface area contributed by atoms with Crippen LogP contribution in [0.1, 0.15) is 22.3 Å². The van der Waals surface area contributed by atoms with Crippen molar-refractivity contribution in [3.05, 3.63) is 270 Å². The van der Waals surface area contributed by atoms with Gasteiger partial charge >= 0.3 is 0 Å². The summed E-state index contributed by atoms with van der Waals surface area (Å²) in [4.78, 5) is 0. The van der Waals surface area contributed by atoms with Crippen LogP contribution >= 0.6 is 0 Å². The summed E-state index contributed by atoms with van der Waals surface area (Å²) in [7, 11) is 0. The molecule has 296 valence electrons. The van der Waals surface area contributed by atoms with E-state index in [9.17, 15) is 0 Å². The van der Waals surface area contributed by atoms with Crippen molar-refractivity contribution < 1.29 is 0 Å². The first kappa shape index (κ1) is 34.4. The molecule has 0 amide bonds. The second-order valence-electron chi connectivity index (χ2n) is 17.8. The largest absolute Gasteiger partial charge is 0.309 e. The van der Waals surface area contributed by atoms with Gasteiger partial charge in [-0.05, 0) is 125 Å². The summed E-state index contributed by atoms with van der Waals surface area (Å²) in [5, 5.41) is 15.4. The molecule has 0 atom stereocenters. The first-order valence-corrected chi connectivity index (χ1v) is 22.5. The van der Waals surface area contributed by atoms with Crippen molar-refractivity contribution >= 4 is 43.6 Å². The molecule has 3 aliphatic carbocycles. The predicted molar refractivity (Wildman–Crippen MR) is 262 cm³/mol. The third-order valence-electron chi connectivity index (χ3n) is 14.8. The van der Waals surface area contributed by atoms with Crippen molar-refractivity contribution in [3.63, 3.8) is 0 Å². The number of hydrogen-bond acceptors (Lipinski definition) is 0. The fraction of sp³-hybridized carbons (Fsp3) is 0.0323. The highest BCUT2D eigenvalue weighted by atomic mass is 15.0. The summed E-state index contributed by atoms with van der Waals surface area (Å²) in [5.74, 6) is 0. The molecule has 0 N–H and O–H groups in total. The number of fused-ring (bicyclic) bond motifs is 20. The number of benzene rings is 10. The maximum absolute atomic E-state index is 2.55. The van der Waals surface area contributed by atoms with Crippen LogP contribution in [0.25, 0.3) is 77.2 Å². The van der Waals surface area contributed by atoms with Gasteiger partial charge in [-0.3, -0.25) is 0 Å². The van der Waals surface area contributed by atoms with Crippen LogP contribution in [-0.4, -0.2) is 9.13 Å². The summed E-state index contributed by atoms with van der Waals surface area (Å²) >= 11 is 0. The highest BCUT2D eigenvalue weighted by molar-refractivity contribution is 6.12. The van der Waals surface area contributed by atoms with Crippen molar-refractivity contribution in [1.82, 2.24) is 9.13 Å². The number of hydrogen-bond donors (Lipinski definition) is 0. The predicted octanol–water partition coefficient (Wildman–Crippen LogP) is 14.5. The molecule has 64 heavy (non-hydrogen) atoms. The van der Waals surface area contributed by atoms with Gasteiger partial charge in [0.2, 0.25) is 0 Å². The second-order valence-corrected chi connectivity index (χ2v) is 17.8. The molecule has 3 aliphatic rings. The number of aromatic nitrogens is 2. The van der Waals surface area contributed by atoms with Crippen LogP contribution in [0.3, 0.4) is 0 Å². The SMILES string of the molecule is c1ccc(-n2c3ccccc3c3ccc4c(c32)=c2c(ccc3c5ccccc5n(-c5ccccc5)c23)=c2ccc3c(c2=c2c5c(ccc2=4)-c2ccccc2C5)Cc2ccccc2-3)cc1. The van der Waals surface area contributed by atoms with Crippen LogP contribution in [0, 0.1) is 41.7 Å². The molecule has 0 bridgehead atoms. The standard InChI is InChI=1S/C62H38N2/c1-3-17-39(18-4-1)63-55-25-13-11-23-45(55)51-33-31-49-47-29-27-43-41-21-9-7-15-37(41)35-53(43)57(47)58-48(30-28-44-42-22-10-8-16-38(42)36-54(44)58)50-32-34-52-46-24-12-14-26-56(46)64(40-19-5-2-6-20-40)62(52)60(50)59(49)61(51)63/h1-34H,35-36H2. The van der Waals surface area contributed by atoms with E-state index in [0.717, 1.165) is 24.2 Å². The molecule has 0 saturated heterocycles. The Morgan fingerprint density at radius 2 is 0.641 bits per heavy atom. The van der Waals surface area contributed by atoms with Crippen LogP contribution in [0.2, 0.25) is 0 Å². The van der Waals surface area contributed by atoms with Crippen molar-refractivity contribution in [2.45, 2.75) is 12.8 Å². The van der Waals surface area contributed by atoms with E-state index in [1.165, 1.54) is 130 Å².